The predicted molar refractivity (Wildman–Crippen MR) is 46.1 cm³/mol. The maximum Gasteiger partial charge on any atom is 0.101 e. The van der Waals surface area contributed by atoms with Crippen molar-refractivity contribution in [3.05, 3.63) is 12.3 Å². The molecule has 4 N–H and O–H groups in total. The fraction of sp³-hybridized carbons (Fsp3) is 0.714. The first-order valence-corrected chi connectivity index (χ1v) is 3.98. The van der Waals surface area contributed by atoms with E-state index in [1.807, 2.05) is 0 Å². The van der Waals surface area contributed by atoms with Gasteiger partial charge in [-0.3, -0.25) is 0 Å². The zero-order chi connectivity index (χ0) is 9.94. The highest BCUT2D eigenvalue weighted by Crippen LogP contribution is 1.93. The Bertz CT molecular complexity index is 124. The minimum atomic E-state index is -0.102. The number of rotatable bonds is 8. The van der Waals surface area contributed by atoms with Gasteiger partial charge in [-0.2, -0.15) is 0 Å². The van der Waals surface area contributed by atoms with Crippen LogP contribution in [0.1, 0.15) is 0 Å². The lowest BCUT2D eigenvalue weighted by Crippen LogP contribution is -2.22. The molecule has 0 aromatic rings. The average molecular weight is 192 g/mol. The fourth-order valence-corrected chi connectivity index (χ4v) is 0.532. The van der Waals surface area contributed by atoms with Crippen molar-refractivity contribution in [2.75, 3.05) is 33.0 Å². The van der Waals surface area contributed by atoms with E-state index in [1.165, 1.54) is 6.20 Å². The van der Waals surface area contributed by atoms with Gasteiger partial charge in [-0.25, -0.2) is 9.68 Å². The molecule has 78 valence electrons. The summed E-state index contributed by atoms with van der Waals surface area (Å²) in [5.41, 5.74) is 5.21. The van der Waals surface area contributed by atoms with Gasteiger partial charge in [0.1, 0.15) is 13.2 Å². The van der Waals surface area contributed by atoms with Gasteiger partial charge in [-0.15, -0.1) is 5.23 Å². The molecule has 0 heterocycles. The van der Waals surface area contributed by atoms with E-state index < -0.39 is 0 Å². The number of nitrogens with zero attached hydrogens (tertiary/aromatic N) is 1. The molecule has 0 rings (SSSR count). The van der Waals surface area contributed by atoms with Crippen LogP contribution >= 0.6 is 0 Å². The van der Waals surface area contributed by atoms with Gasteiger partial charge >= 0.3 is 0 Å². The van der Waals surface area contributed by atoms with Crippen LogP contribution in [0.15, 0.2) is 12.3 Å². The zero-order valence-corrected chi connectivity index (χ0v) is 7.43. The van der Waals surface area contributed by atoms with Gasteiger partial charge in [-0.05, 0) is 6.08 Å². The van der Waals surface area contributed by atoms with Crippen LogP contribution in [0.2, 0.25) is 0 Å². The standard InChI is InChI=1S/C7H16N2O4/c8-2-1-3-9(12-6-4-10)13-7-5-11/h1,3,10-11H,2,4-8H2. The lowest BCUT2D eigenvalue weighted by molar-refractivity contribution is -0.339. The summed E-state index contributed by atoms with van der Waals surface area (Å²) in [5.74, 6) is 0. The summed E-state index contributed by atoms with van der Waals surface area (Å²) < 4.78 is 0. The molecule has 0 aromatic heterocycles. The summed E-state index contributed by atoms with van der Waals surface area (Å²) in [7, 11) is 0. The van der Waals surface area contributed by atoms with E-state index in [4.69, 9.17) is 25.6 Å². The summed E-state index contributed by atoms with van der Waals surface area (Å²) >= 11 is 0. The van der Waals surface area contributed by atoms with Crippen LogP contribution in [0.25, 0.3) is 0 Å². The average Bonchev–Trinajstić information content (AvgIpc) is 2.17. The van der Waals surface area contributed by atoms with Gasteiger partial charge in [-0.1, -0.05) is 0 Å². The summed E-state index contributed by atoms with van der Waals surface area (Å²) in [6.45, 7) is 0.410. The molecule has 0 saturated carbocycles. The molecule has 0 saturated heterocycles. The van der Waals surface area contributed by atoms with Crippen molar-refractivity contribution in [1.82, 2.24) is 5.23 Å². The van der Waals surface area contributed by atoms with Crippen LogP contribution < -0.4 is 5.73 Å². The number of aliphatic hydroxyl groups excluding tert-OH is 2. The quantitative estimate of drug-likeness (QED) is 0.410. The van der Waals surface area contributed by atoms with Crippen molar-refractivity contribution < 1.29 is 19.9 Å². The molecule has 0 aliphatic heterocycles. The third-order valence-corrected chi connectivity index (χ3v) is 0.983. The number of hydrogen-bond donors (Lipinski definition) is 3. The van der Waals surface area contributed by atoms with Gasteiger partial charge in [0.2, 0.25) is 0 Å². The molecule has 6 nitrogen and oxygen atoms in total. The van der Waals surface area contributed by atoms with Gasteiger partial charge < -0.3 is 15.9 Å². The van der Waals surface area contributed by atoms with Crippen molar-refractivity contribution in [3.8, 4) is 0 Å². The highest BCUT2D eigenvalue weighted by atomic mass is 16.9. The van der Waals surface area contributed by atoms with Crippen LogP contribution in [0.5, 0.6) is 0 Å². The second-order valence-corrected chi connectivity index (χ2v) is 2.02. The Morgan fingerprint density at radius 3 is 2.08 bits per heavy atom. The number of hydrogen-bond acceptors (Lipinski definition) is 6. The molecule has 0 fully saturated rings. The van der Waals surface area contributed by atoms with Gasteiger partial charge in [0, 0.05) is 6.54 Å². The normalized spacial score (nSPS) is 11.0. The fourth-order valence-electron chi connectivity index (χ4n) is 0.532. The second kappa shape index (κ2) is 9.43. The van der Waals surface area contributed by atoms with Gasteiger partial charge in [0.15, 0.2) is 0 Å². The lowest BCUT2D eigenvalue weighted by Gasteiger charge is -2.17. The summed E-state index contributed by atoms with van der Waals surface area (Å²) in [6, 6.07) is 0. The van der Waals surface area contributed by atoms with E-state index in [-0.39, 0.29) is 26.4 Å². The van der Waals surface area contributed by atoms with E-state index in [0.29, 0.717) is 6.54 Å². The molecule has 0 unspecified atom stereocenters. The Hall–Kier alpha value is -0.660. The number of hydroxylamine groups is 2. The first-order chi connectivity index (χ1) is 6.35. The Balaban J connectivity index is 3.66. The molecule has 0 radical (unpaired) electrons. The largest absolute Gasteiger partial charge is 0.394 e. The number of nitrogens with two attached hydrogens (primary N) is 1. The molecule has 6 heteroatoms. The van der Waals surface area contributed by atoms with Crippen LogP contribution in [0.4, 0.5) is 0 Å². The molecule has 0 atom stereocenters. The van der Waals surface area contributed by atoms with E-state index in [1.54, 1.807) is 6.08 Å². The number of aliphatic hydroxyl groups is 2. The molecule has 13 heavy (non-hydrogen) atoms. The minimum Gasteiger partial charge on any atom is -0.394 e. The molecule has 0 amide bonds. The molecule has 0 spiro atoms. The predicted octanol–water partition coefficient (Wildman–Crippen LogP) is -1.39. The van der Waals surface area contributed by atoms with Gasteiger partial charge in [0.25, 0.3) is 0 Å². The Morgan fingerprint density at radius 1 is 1.15 bits per heavy atom. The molecule has 0 bridgehead atoms. The first-order valence-electron chi connectivity index (χ1n) is 3.98. The molecule has 0 aromatic carbocycles. The van der Waals surface area contributed by atoms with Gasteiger partial charge in [0.05, 0.1) is 19.4 Å². The molecule has 0 aliphatic rings. The molecular formula is C7H16N2O4. The SMILES string of the molecule is NCC=CN(OCCO)OCCO. The van der Waals surface area contributed by atoms with E-state index in [2.05, 4.69) is 0 Å². The van der Waals surface area contributed by atoms with Crippen LogP contribution in [-0.4, -0.2) is 48.4 Å². The molecule has 0 aliphatic carbocycles. The maximum absolute atomic E-state index is 8.46. The maximum atomic E-state index is 8.46. The van der Waals surface area contributed by atoms with Crippen molar-refractivity contribution >= 4 is 0 Å². The second-order valence-electron chi connectivity index (χ2n) is 2.02. The van der Waals surface area contributed by atoms with Crippen molar-refractivity contribution in [1.29, 1.82) is 0 Å². The van der Waals surface area contributed by atoms with Crippen LogP contribution in [0.3, 0.4) is 0 Å². The Kier molecular flexibility index (Phi) is 8.95. The highest BCUT2D eigenvalue weighted by Gasteiger charge is 1.98. The third kappa shape index (κ3) is 7.69. The molecular weight excluding hydrogens is 176 g/mol. The van der Waals surface area contributed by atoms with E-state index >= 15 is 0 Å². The zero-order valence-electron chi connectivity index (χ0n) is 7.43. The van der Waals surface area contributed by atoms with E-state index in [0.717, 1.165) is 5.23 Å². The lowest BCUT2D eigenvalue weighted by atomic mass is 10.6. The third-order valence-electron chi connectivity index (χ3n) is 0.983. The van der Waals surface area contributed by atoms with E-state index in [9.17, 15) is 0 Å². The highest BCUT2D eigenvalue weighted by molar-refractivity contribution is 4.76. The van der Waals surface area contributed by atoms with Crippen molar-refractivity contribution in [3.63, 3.8) is 0 Å². The summed E-state index contributed by atoms with van der Waals surface area (Å²) in [4.78, 5) is 9.81. The van der Waals surface area contributed by atoms with Crippen molar-refractivity contribution in [2.24, 2.45) is 5.73 Å². The van der Waals surface area contributed by atoms with Crippen LogP contribution in [0, 0.1) is 0 Å². The topological polar surface area (TPSA) is 88.2 Å². The summed E-state index contributed by atoms with van der Waals surface area (Å²) in [5, 5.41) is 18.0. The summed E-state index contributed by atoms with van der Waals surface area (Å²) in [6.07, 6.45) is 3.10. The van der Waals surface area contributed by atoms with Crippen LogP contribution in [-0.2, 0) is 9.68 Å². The Morgan fingerprint density at radius 2 is 1.69 bits per heavy atom. The minimum absolute atomic E-state index is 0.102. The smallest absolute Gasteiger partial charge is 0.101 e. The first kappa shape index (κ1) is 12.3. The monoisotopic (exact) mass is 192 g/mol. The van der Waals surface area contributed by atoms with Crippen molar-refractivity contribution in [2.45, 2.75) is 0 Å². The Labute approximate surface area is 77.1 Å².